The topological polar surface area (TPSA) is 72.8 Å². The van der Waals surface area contributed by atoms with Crippen molar-refractivity contribution >= 4 is 15.8 Å². The summed E-state index contributed by atoms with van der Waals surface area (Å²) in [4.78, 5) is 3.26. The SMILES string of the molecule is COCCNc1ccc(S(=O)(=O)N2CCCC2)c[nH+]1. The Morgan fingerprint density at radius 2 is 2.11 bits per heavy atom. The molecule has 0 aromatic carbocycles. The number of H-pyrrole nitrogens is 1. The van der Waals surface area contributed by atoms with Crippen molar-refractivity contribution in [3.63, 3.8) is 0 Å². The molecule has 7 heteroatoms. The van der Waals surface area contributed by atoms with Crippen molar-refractivity contribution in [2.75, 3.05) is 38.7 Å². The molecular formula is C12H20N3O3S+. The fourth-order valence-corrected chi connectivity index (χ4v) is 3.53. The van der Waals surface area contributed by atoms with Gasteiger partial charge in [0, 0.05) is 26.3 Å². The van der Waals surface area contributed by atoms with Crippen LogP contribution in [0.1, 0.15) is 12.8 Å². The maximum atomic E-state index is 12.3. The highest BCUT2D eigenvalue weighted by molar-refractivity contribution is 7.89. The summed E-state index contributed by atoms with van der Waals surface area (Å²) in [6.45, 7) is 2.51. The van der Waals surface area contributed by atoms with E-state index in [4.69, 9.17) is 4.74 Å². The van der Waals surface area contributed by atoms with Crippen LogP contribution in [0.3, 0.4) is 0 Å². The summed E-state index contributed by atoms with van der Waals surface area (Å²) in [5.41, 5.74) is 0. The van der Waals surface area contributed by atoms with Crippen LogP contribution in [-0.2, 0) is 14.8 Å². The lowest BCUT2D eigenvalue weighted by molar-refractivity contribution is -0.364. The number of methoxy groups -OCH3 is 1. The number of aromatic amines is 1. The third kappa shape index (κ3) is 3.43. The third-order valence-electron chi connectivity index (χ3n) is 3.11. The molecule has 0 bridgehead atoms. The van der Waals surface area contributed by atoms with Crippen molar-refractivity contribution in [2.45, 2.75) is 17.7 Å². The van der Waals surface area contributed by atoms with Gasteiger partial charge in [-0.2, -0.15) is 4.31 Å². The van der Waals surface area contributed by atoms with Gasteiger partial charge in [0.25, 0.3) is 5.82 Å². The fraction of sp³-hybridized carbons (Fsp3) is 0.583. The molecule has 0 radical (unpaired) electrons. The molecule has 1 aromatic heterocycles. The van der Waals surface area contributed by atoms with Crippen LogP contribution in [0.5, 0.6) is 0 Å². The van der Waals surface area contributed by atoms with Crippen LogP contribution in [0.25, 0.3) is 0 Å². The van der Waals surface area contributed by atoms with E-state index in [0.717, 1.165) is 18.7 Å². The Balaban J connectivity index is 2.05. The molecule has 2 N–H and O–H groups in total. The number of nitrogens with zero attached hydrogens (tertiary/aromatic N) is 1. The summed E-state index contributed by atoms with van der Waals surface area (Å²) < 4.78 is 31.0. The number of aromatic nitrogens is 1. The second-order valence-electron chi connectivity index (χ2n) is 4.47. The van der Waals surface area contributed by atoms with Crippen LogP contribution in [0.15, 0.2) is 23.2 Å². The van der Waals surface area contributed by atoms with Gasteiger partial charge in [-0.3, -0.25) is 5.32 Å². The average Bonchev–Trinajstić information content (AvgIpc) is 2.94. The zero-order chi connectivity index (χ0) is 13.7. The molecule has 0 amide bonds. The van der Waals surface area contributed by atoms with E-state index in [1.54, 1.807) is 19.2 Å². The van der Waals surface area contributed by atoms with Crippen molar-refractivity contribution in [1.82, 2.24) is 4.31 Å². The lowest BCUT2D eigenvalue weighted by Gasteiger charge is -2.14. The number of rotatable bonds is 6. The van der Waals surface area contributed by atoms with E-state index < -0.39 is 10.0 Å². The van der Waals surface area contributed by atoms with E-state index >= 15 is 0 Å². The Hall–Kier alpha value is -1.18. The molecule has 6 nitrogen and oxygen atoms in total. The summed E-state index contributed by atoms with van der Waals surface area (Å²) in [5.74, 6) is 0.775. The number of pyridine rings is 1. The number of ether oxygens (including phenoxy) is 1. The Morgan fingerprint density at radius 3 is 2.68 bits per heavy atom. The third-order valence-corrected chi connectivity index (χ3v) is 5.00. The second kappa shape index (κ2) is 6.31. The Bertz CT molecular complexity index is 495. The smallest absolute Gasteiger partial charge is 0.272 e. The van der Waals surface area contributed by atoms with E-state index in [1.807, 2.05) is 0 Å². The number of hydrogen-bond donors (Lipinski definition) is 1. The highest BCUT2D eigenvalue weighted by atomic mass is 32.2. The zero-order valence-electron chi connectivity index (χ0n) is 11.1. The molecule has 0 unspecified atom stereocenters. The maximum absolute atomic E-state index is 12.3. The average molecular weight is 286 g/mol. The first-order valence-corrected chi connectivity index (χ1v) is 7.83. The minimum atomic E-state index is -3.33. The normalized spacial score (nSPS) is 16.7. The molecule has 0 aliphatic carbocycles. The fourth-order valence-electron chi connectivity index (χ4n) is 2.05. The van der Waals surface area contributed by atoms with Gasteiger partial charge in [-0.1, -0.05) is 0 Å². The Morgan fingerprint density at radius 1 is 1.37 bits per heavy atom. The molecule has 1 saturated heterocycles. The largest absolute Gasteiger partial charge is 0.381 e. The van der Waals surface area contributed by atoms with Gasteiger partial charge >= 0.3 is 0 Å². The Kier molecular flexibility index (Phi) is 4.73. The standard InChI is InChI=1S/C12H19N3O3S/c1-18-9-6-13-12-5-4-11(10-14-12)19(16,17)15-7-2-3-8-15/h4-5,10H,2-3,6-9H2,1H3,(H,13,14)/p+1. The Labute approximate surface area is 113 Å². The minimum Gasteiger partial charge on any atom is -0.381 e. The van der Waals surface area contributed by atoms with Crippen LogP contribution in [0.2, 0.25) is 0 Å². The van der Waals surface area contributed by atoms with Gasteiger partial charge in [0.15, 0.2) is 0 Å². The maximum Gasteiger partial charge on any atom is 0.272 e. The first-order valence-electron chi connectivity index (χ1n) is 6.39. The van der Waals surface area contributed by atoms with Crippen LogP contribution < -0.4 is 10.3 Å². The highest BCUT2D eigenvalue weighted by Crippen LogP contribution is 2.19. The van der Waals surface area contributed by atoms with E-state index in [1.165, 1.54) is 10.5 Å². The summed E-state index contributed by atoms with van der Waals surface area (Å²) in [6, 6.07) is 3.36. The number of hydrogen-bond acceptors (Lipinski definition) is 4. The lowest BCUT2D eigenvalue weighted by Crippen LogP contribution is -2.29. The molecule has 0 spiro atoms. The number of sulfonamides is 1. The molecule has 0 atom stereocenters. The van der Waals surface area contributed by atoms with Gasteiger partial charge in [0.2, 0.25) is 10.0 Å². The molecule has 19 heavy (non-hydrogen) atoms. The summed E-state index contributed by atoms with van der Waals surface area (Å²) in [5, 5.41) is 3.10. The van der Waals surface area contributed by atoms with Gasteiger partial charge in [-0.05, 0) is 18.9 Å². The lowest BCUT2D eigenvalue weighted by atomic mass is 10.4. The molecule has 1 aliphatic rings. The number of nitrogens with one attached hydrogen (secondary N) is 2. The van der Waals surface area contributed by atoms with Crippen LogP contribution in [-0.4, -0.2) is 46.1 Å². The quantitative estimate of drug-likeness (QED) is 0.766. The van der Waals surface area contributed by atoms with E-state index in [0.29, 0.717) is 31.1 Å². The van der Waals surface area contributed by atoms with Gasteiger partial charge in [-0.25, -0.2) is 13.4 Å². The van der Waals surface area contributed by atoms with Crippen molar-refractivity contribution in [3.05, 3.63) is 18.3 Å². The van der Waals surface area contributed by atoms with Gasteiger partial charge in [0.1, 0.15) is 17.6 Å². The molecule has 1 fully saturated rings. The number of anilines is 1. The second-order valence-corrected chi connectivity index (χ2v) is 6.41. The monoisotopic (exact) mass is 286 g/mol. The molecule has 1 aromatic rings. The molecule has 2 rings (SSSR count). The van der Waals surface area contributed by atoms with Gasteiger partial charge in [0.05, 0.1) is 6.61 Å². The first kappa shape index (κ1) is 14.2. The summed E-state index contributed by atoms with van der Waals surface area (Å²) in [6.07, 6.45) is 3.42. The first-order chi connectivity index (χ1) is 9.14. The van der Waals surface area contributed by atoms with Crippen LogP contribution in [0.4, 0.5) is 5.82 Å². The van der Waals surface area contributed by atoms with Crippen molar-refractivity contribution < 1.29 is 18.1 Å². The van der Waals surface area contributed by atoms with Crippen molar-refractivity contribution in [2.24, 2.45) is 0 Å². The molecular weight excluding hydrogens is 266 g/mol. The van der Waals surface area contributed by atoms with Crippen LogP contribution >= 0.6 is 0 Å². The predicted octanol–water partition coefficient (Wildman–Crippen LogP) is 0.343. The molecule has 0 saturated carbocycles. The minimum absolute atomic E-state index is 0.312. The summed E-state index contributed by atoms with van der Waals surface area (Å²) >= 11 is 0. The molecule has 1 aliphatic heterocycles. The van der Waals surface area contributed by atoms with E-state index in [-0.39, 0.29) is 0 Å². The van der Waals surface area contributed by atoms with Gasteiger partial charge in [-0.15, -0.1) is 0 Å². The predicted molar refractivity (Wildman–Crippen MR) is 71.4 cm³/mol. The molecule has 2 heterocycles. The van der Waals surface area contributed by atoms with Crippen molar-refractivity contribution in [3.8, 4) is 0 Å². The van der Waals surface area contributed by atoms with Crippen molar-refractivity contribution in [1.29, 1.82) is 0 Å². The van der Waals surface area contributed by atoms with Crippen LogP contribution in [0, 0.1) is 0 Å². The van der Waals surface area contributed by atoms with E-state index in [2.05, 4.69) is 10.3 Å². The highest BCUT2D eigenvalue weighted by Gasteiger charge is 2.27. The van der Waals surface area contributed by atoms with Gasteiger partial charge < -0.3 is 4.74 Å². The summed E-state index contributed by atoms with van der Waals surface area (Å²) in [7, 11) is -1.69. The molecule has 106 valence electrons. The zero-order valence-corrected chi connectivity index (χ0v) is 11.9. The van der Waals surface area contributed by atoms with E-state index in [9.17, 15) is 8.42 Å².